The summed E-state index contributed by atoms with van der Waals surface area (Å²) in [5, 5.41) is 5.39. The lowest BCUT2D eigenvalue weighted by Crippen LogP contribution is -2.38. The van der Waals surface area contributed by atoms with Crippen LogP contribution in [0.15, 0.2) is 41.6 Å². The highest BCUT2D eigenvalue weighted by atomic mass is 16.5. The number of rotatable bonds is 5. The lowest BCUT2D eigenvalue weighted by atomic mass is 9.90. The number of esters is 1. The predicted octanol–water partition coefficient (Wildman–Crippen LogP) is 1.99. The Morgan fingerprint density at radius 1 is 1.30 bits per heavy atom. The summed E-state index contributed by atoms with van der Waals surface area (Å²) < 4.78 is 4.99. The van der Waals surface area contributed by atoms with E-state index in [2.05, 4.69) is 10.6 Å². The molecule has 23 heavy (non-hydrogen) atoms. The monoisotopic (exact) mass is 316 g/mol. The minimum absolute atomic E-state index is 0.0108. The number of carbonyl (C=O) groups is 3. The van der Waals surface area contributed by atoms with Crippen LogP contribution < -0.4 is 10.6 Å². The zero-order valence-corrected chi connectivity index (χ0v) is 13.2. The molecule has 6 nitrogen and oxygen atoms in total. The third-order valence-corrected chi connectivity index (χ3v) is 3.60. The molecule has 0 saturated heterocycles. The van der Waals surface area contributed by atoms with Crippen LogP contribution in [-0.2, 0) is 19.1 Å². The van der Waals surface area contributed by atoms with E-state index < -0.39 is 11.9 Å². The number of anilines is 1. The van der Waals surface area contributed by atoms with Crippen molar-refractivity contribution >= 4 is 23.5 Å². The molecule has 0 spiro atoms. The summed E-state index contributed by atoms with van der Waals surface area (Å²) in [5.74, 6) is -1.54. The van der Waals surface area contributed by atoms with Crippen molar-refractivity contribution in [1.82, 2.24) is 5.32 Å². The van der Waals surface area contributed by atoms with Crippen molar-refractivity contribution in [2.45, 2.75) is 26.7 Å². The summed E-state index contributed by atoms with van der Waals surface area (Å²) in [7, 11) is 0. The van der Waals surface area contributed by atoms with Crippen LogP contribution in [0.3, 0.4) is 0 Å². The van der Waals surface area contributed by atoms with Gasteiger partial charge in [-0.05, 0) is 32.4 Å². The van der Waals surface area contributed by atoms with Gasteiger partial charge in [0.2, 0.25) is 11.8 Å². The first-order valence-electron chi connectivity index (χ1n) is 7.54. The number of ether oxygens (including phenoxy) is 1. The van der Waals surface area contributed by atoms with Crippen LogP contribution in [0.4, 0.5) is 5.69 Å². The first kappa shape index (κ1) is 16.7. The van der Waals surface area contributed by atoms with E-state index in [1.807, 2.05) is 18.2 Å². The number of nitrogens with one attached hydrogen (secondary N) is 2. The second-order valence-electron chi connectivity index (χ2n) is 5.33. The summed E-state index contributed by atoms with van der Waals surface area (Å²) in [6.45, 7) is 3.65. The van der Waals surface area contributed by atoms with E-state index in [1.54, 1.807) is 26.0 Å². The van der Waals surface area contributed by atoms with Gasteiger partial charge in [0.05, 0.1) is 18.1 Å². The summed E-state index contributed by atoms with van der Waals surface area (Å²) in [5.41, 5.74) is 1.59. The molecule has 0 bridgehead atoms. The maximum absolute atomic E-state index is 12.1. The van der Waals surface area contributed by atoms with Crippen LogP contribution in [-0.4, -0.2) is 24.4 Å². The molecule has 122 valence electrons. The molecule has 1 unspecified atom stereocenters. The Hall–Kier alpha value is -2.63. The van der Waals surface area contributed by atoms with E-state index in [0.29, 0.717) is 17.0 Å². The van der Waals surface area contributed by atoms with Crippen molar-refractivity contribution in [2.75, 3.05) is 11.9 Å². The molecular formula is C17H20N2O4. The molecule has 1 aliphatic heterocycles. The average Bonchev–Trinajstić information content (AvgIpc) is 2.51. The van der Waals surface area contributed by atoms with Gasteiger partial charge in [-0.2, -0.15) is 0 Å². The van der Waals surface area contributed by atoms with Crippen LogP contribution in [0.1, 0.15) is 26.7 Å². The van der Waals surface area contributed by atoms with Gasteiger partial charge in [-0.1, -0.05) is 18.2 Å². The third kappa shape index (κ3) is 4.42. The molecule has 1 aromatic rings. The molecule has 0 saturated carbocycles. The zero-order chi connectivity index (χ0) is 16.8. The first-order valence-corrected chi connectivity index (χ1v) is 7.54. The quantitative estimate of drug-likeness (QED) is 0.814. The fourth-order valence-corrected chi connectivity index (χ4v) is 2.43. The van der Waals surface area contributed by atoms with Crippen LogP contribution in [0, 0.1) is 5.92 Å². The van der Waals surface area contributed by atoms with Crippen molar-refractivity contribution in [1.29, 1.82) is 0 Å². The SMILES string of the molecule is CCOC(=O)C1=C(C)NC(=O)C(CC(=O)Nc2ccccc2)C1. The van der Waals surface area contributed by atoms with Gasteiger partial charge < -0.3 is 15.4 Å². The van der Waals surface area contributed by atoms with Crippen molar-refractivity contribution in [3.05, 3.63) is 41.6 Å². The van der Waals surface area contributed by atoms with Gasteiger partial charge >= 0.3 is 5.97 Å². The van der Waals surface area contributed by atoms with E-state index in [0.717, 1.165) is 0 Å². The van der Waals surface area contributed by atoms with Crippen molar-refractivity contribution < 1.29 is 19.1 Å². The second-order valence-corrected chi connectivity index (χ2v) is 5.33. The molecule has 2 amide bonds. The smallest absolute Gasteiger partial charge is 0.335 e. The Bertz CT molecular complexity index is 637. The molecule has 0 aliphatic carbocycles. The molecule has 0 aromatic heterocycles. The third-order valence-electron chi connectivity index (χ3n) is 3.60. The Morgan fingerprint density at radius 2 is 2.00 bits per heavy atom. The number of benzene rings is 1. The minimum atomic E-state index is -0.582. The molecule has 2 N–H and O–H groups in total. The minimum Gasteiger partial charge on any atom is -0.463 e. The fraction of sp³-hybridized carbons (Fsp3) is 0.353. The Kier molecular flexibility index (Phi) is 5.51. The lowest BCUT2D eigenvalue weighted by molar-refractivity contribution is -0.139. The molecule has 1 aliphatic rings. The zero-order valence-electron chi connectivity index (χ0n) is 13.2. The Labute approximate surface area is 134 Å². The van der Waals surface area contributed by atoms with E-state index in [9.17, 15) is 14.4 Å². The van der Waals surface area contributed by atoms with Crippen LogP contribution in [0.5, 0.6) is 0 Å². The number of carbonyl (C=O) groups excluding carboxylic acids is 3. The molecule has 0 radical (unpaired) electrons. The summed E-state index contributed by atoms with van der Waals surface area (Å²) in [6.07, 6.45) is 0.218. The van der Waals surface area contributed by atoms with E-state index >= 15 is 0 Å². The number of allylic oxidation sites excluding steroid dienone is 1. The maximum atomic E-state index is 12.1. The number of para-hydroxylation sites is 1. The highest BCUT2D eigenvalue weighted by Crippen LogP contribution is 2.24. The largest absolute Gasteiger partial charge is 0.463 e. The lowest BCUT2D eigenvalue weighted by Gasteiger charge is -2.24. The second kappa shape index (κ2) is 7.58. The average molecular weight is 316 g/mol. The van der Waals surface area contributed by atoms with E-state index in [4.69, 9.17) is 4.74 Å². The van der Waals surface area contributed by atoms with Gasteiger partial charge in [0.1, 0.15) is 0 Å². The highest BCUT2D eigenvalue weighted by Gasteiger charge is 2.31. The summed E-state index contributed by atoms with van der Waals surface area (Å²) in [4.78, 5) is 36.0. The summed E-state index contributed by atoms with van der Waals surface area (Å²) in [6, 6.07) is 9.02. The van der Waals surface area contributed by atoms with Crippen LogP contribution in [0.2, 0.25) is 0 Å². The maximum Gasteiger partial charge on any atom is 0.335 e. The van der Waals surface area contributed by atoms with Gasteiger partial charge in [0.25, 0.3) is 0 Å². The summed E-state index contributed by atoms with van der Waals surface area (Å²) >= 11 is 0. The van der Waals surface area contributed by atoms with Gasteiger partial charge in [0, 0.05) is 17.8 Å². The van der Waals surface area contributed by atoms with E-state index in [-0.39, 0.29) is 31.3 Å². The van der Waals surface area contributed by atoms with Crippen molar-refractivity contribution in [2.24, 2.45) is 5.92 Å². The fourth-order valence-electron chi connectivity index (χ4n) is 2.43. The van der Waals surface area contributed by atoms with Crippen molar-refractivity contribution in [3.63, 3.8) is 0 Å². The molecule has 0 fully saturated rings. The molecule has 1 atom stereocenters. The molecule has 1 heterocycles. The number of amides is 2. The first-order chi connectivity index (χ1) is 11.0. The standard InChI is InChI=1S/C17H20N2O4/c1-3-23-17(22)14-9-12(16(21)18-11(14)2)10-15(20)19-13-7-5-4-6-8-13/h4-8,12H,3,9-10H2,1-2H3,(H,18,21)(H,19,20). The van der Waals surface area contributed by atoms with Crippen molar-refractivity contribution in [3.8, 4) is 0 Å². The predicted molar refractivity (Wildman–Crippen MR) is 85.3 cm³/mol. The number of hydrogen-bond acceptors (Lipinski definition) is 4. The molecule has 1 aromatic carbocycles. The van der Waals surface area contributed by atoms with Crippen LogP contribution >= 0.6 is 0 Å². The number of hydrogen-bond donors (Lipinski definition) is 2. The van der Waals surface area contributed by atoms with E-state index in [1.165, 1.54) is 0 Å². The van der Waals surface area contributed by atoms with Gasteiger partial charge in [-0.25, -0.2) is 4.79 Å². The normalized spacial score (nSPS) is 17.5. The highest BCUT2D eigenvalue weighted by molar-refractivity contribution is 5.98. The topological polar surface area (TPSA) is 84.5 Å². The van der Waals surface area contributed by atoms with Crippen LogP contribution in [0.25, 0.3) is 0 Å². The Balaban J connectivity index is 2.01. The Morgan fingerprint density at radius 3 is 2.65 bits per heavy atom. The molecule has 2 rings (SSSR count). The van der Waals surface area contributed by atoms with Gasteiger partial charge in [-0.15, -0.1) is 0 Å². The van der Waals surface area contributed by atoms with Gasteiger partial charge in [0.15, 0.2) is 0 Å². The molecule has 6 heteroatoms. The van der Waals surface area contributed by atoms with Gasteiger partial charge in [-0.3, -0.25) is 9.59 Å². The molecular weight excluding hydrogens is 296 g/mol.